The maximum absolute atomic E-state index is 12.0. The Balaban J connectivity index is 1.51. The highest BCUT2D eigenvalue weighted by Crippen LogP contribution is 2.15. The molecule has 2 aromatic carbocycles. The molecule has 1 aromatic heterocycles. The molecule has 1 amide bonds. The Hall–Kier alpha value is -2.07. The standard InChI is InChI=1S/C18H17BrN2O/c19-16-8-6-15(7-9-16)18(22)20-11-3-12-21-13-10-14-4-1-2-5-17(14)21/h1-2,4-10,13H,3,11-12H2,(H,20,22). The summed E-state index contributed by atoms with van der Waals surface area (Å²) >= 11 is 3.37. The Kier molecular flexibility index (Phi) is 4.59. The van der Waals surface area contributed by atoms with Crippen molar-refractivity contribution in [3.05, 3.63) is 70.8 Å². The topological polar surface area (TPSA) is 34.0 Å². The zero-order valence-corrected chi connectivity index (χ0v) is 13.7. The first-order chi connectivity index (χ1) is 10.7. The van der Waals surface area contributed by atoms with Gasteiger partial charge in [-0.3, -0.25) is 4.79 Å². The van der Waals surface area contributed by atoms with Crippen molar-refractivity contribution in [3.63, 3.8) is 0 Å². The van der Waals surface area contributed by atoms with Gasteiger partial charge in [-0.25, -0.2) is 0 Å². The van der Waals surface area contributed by atoms with Crippen LogP contribution in [0.1, 0.15) is 16.8 Å². The van der Waals surface area contributed by atoms with E-state index in [-0.39, 0.29) is 5.91 Å². The number of nitrogens with zero attached hydrogens (tertiary/aromatic N) is 1. The molecule has 3 rings (SSSR count). The number of carbonyl (C=O) groups is 1. The van der Waals surface area contributed by atoms with Crippen LogP contribution in [0.3, 0.4) is 0 Å². The van der Waals surface area contributed by atoms with E-state index in [1.165, 1.54) is 10.9 Å². The molecule has 0 bridgehead atoms. The summed E-state index contributed by atoms with van der Waals surface area (Å²) in [5.41, 5.74) is 1.93. The number of amides is 1. The average molecular weight is 357 g/mol. The van der Waals surface area contributed by atoms with Crippen molar-refractivity contribution < 1.29 is 4.79 Å². The van der Waals surface area contributed by atoms with Crippen molar-refractivity contribution in [2.45, 2.75) is 13.0 Å². The summed E-state index contributed by atoms with van der Waals surface area (Å²) in [6.07, 6.45) is 3.00. The van der Waals surface area contributed by atoms with Crippen molar-refractivity contribution in [2.24, 2.45) is 0 Å². The quantitative estimate of drug-likeness (QED) is 0.682. The Morgan fingerprint density at radius 3 is 2.64 bits per heavy atom. The maximum Gasteiger partial charge on any atom is 0.251 e. The predicted molar refractivity (Wildman–Crippen MR) is 93.0 cm³/mol. The molecule has 3 aromatic rings. The molecule has 1 heterocycles. The van der Waals surface area contributed by atoms with Crippen LogP contribution in [0.15, 0.2) is 65.3 Å². The van der Waals surface area contributed by atoms with E-state index in [4.69, 9.17) is 0 Å². The molecule has 0 saturated carbocycles. The van der Waals surface area contributed by atoms with Crippen LogP contribution in [0.2, 0.25) is 0 Å². The SMILES string of the molecule is O=C(NCCCn1ccc2ccccc21)c1ccc(Br)cc1. The lowest BCUT2D eigenvalue weighted by Gasteiger charge is -2.07. The summed E-state index contributed by atoms with van der Waals surface area (Å²) in [4.78, 5) is 12.0. The summed E-state index contributed by atoms with van der Waals surface area (Å²) in [7, 11) is 0. The lowest BCUT2D eigenvalue weighted by atomic mass is 10.2. The molecule has 1 N–H and O–H groups in total. The number of rotatable bonds is 5. The van der Waals surface area contributed by atoms with Crippen LogP contribution in [-0.4, -0.2) is 17.0 Å². The number of para-hydroxylation sites is 1. The third-order valence-electron chi connectivity index (χ3n) is 3.65. The minimum Gasteiger partial charge on any atom is -0.352 e. The van der Waals surface area contributed by atoms with E-state index in [2.05, 4.69) is 50.2 Å². The number of nitrogens with one attached hydrogen (secondary N) is 1. The Morgan fingerprint density at radius 2 is 1.82 bits per heavy atom. The molecule has 0 spiro atoms. The molecule has 4 heteroatoms. The molecule has 0 radical (unpaired) electrons. The van der Waals surface area contributed by atoms with Gasteiger partial charge in [-0.05, 0) is 48.2 Å². The first kappa shape index (κ1) is 14.9. The minimum atomic E-state index is -0.0233. The Bertz CT molecular complexity index is 777. The molecule has 3 nitrogen and oxygen atoms in total. The van der Waals surface area contributed by atoms with E-state index in [0.29, 0.717) is 12.1 Å². The van der Waals surface area contributed by atoms with Gasteiger partial charge in [0.15, 0.2) is 0 Å². The summed E-state index contributed by atoms with van der Waals surface area (Å²) in [5, 5.41) is 4.21. The normalized spacial score (nSPS) is 10.8. The third-order valence-corrected chi connectivity index (χ3v) is 4.18. The average Bonchev–Trinajstić information content (AvgIpc) is 2.95. The summed E-state index contributed by atoms with van der Waals surface area (Å²) in [5.74, 6) is -0.0233. The number of aromatic nitrogens is 1. The molecule has 0 unspecified atom stereocenters. The molecule has 0 saturated heterocycles. The second-order valence-corrected chi connectivity index (χ2v) is 6.10. The highest BCUT2D eigenvalue weighted by Gasteiger charge is 2.04. The fourth-order valence-corrected chi connectivity index (χ4v) is 2.75. The Morgan fingerprint density at radius 1 is 1.05 bits per heavy atom. The molecule has 0 aliphatic rings. The van der Waals surface area contributed by atoms with Gasteiger partial charge in [-0.2, -0.15) is 0 Å². The van der Waals surface area contributed by atoms with Crippen molar-refractivity contribution in [1.29, 1.82) is 0 Å². The number of benzene rings is 2. The van der Waals surface area contributed by atoms with Crippen molar-refractivity contribution in [1.82, 2.24) is 9.88 Å². The second-order valence-electron chi connectivity index (χ2n) is 5.18. The summed E-state index contributed by atoms with van der Waals surface area (Å²) < 4.78 is 3.20. The van der Waals surface area contributed by atoms with E-state index in [0.717, 1.165) is 17.4 Å². The minimum absolute atomic E-state index is 0.0233. The van der Waals surface area contributed by atoms with Crippen LogP contribution in [0.25, 0.3) is 10.9 Å². The highest BCUT2D eigenvalue weighted by atomic mass is 79.9. The molecule has 0 aliphatic carbocycles. The number of halogens is 1. The molecule has 0 fully saturated rings. The molecular weight excluding hydrogens is 340 g/mol. The van der Waals surface area contributed by atoms with Crippen molar-refractivity contribution in [2.75, 3.05) is 6.54 Å². The monoisotopic (exact) mass is 356 g/mol. The lowest BCUT2D eigenvalue weighted by molar-refractivity contribution is 0.0953. The van der Waals surface area contributed by atoms with Gasteiger partial charge in [0.2, 0.25) is 0 Å². The van der Waals surface area contributed by atoms with Gasteiger partial charge in [0.1, 0.15) is 0 Å². The van der Waals surface area contributed by atoms with Gasteiger partial charge < -0.3 is 9.88 Å². The van der Waals surface area contributed by atoms with Crippen LogP contribution < -0.4 is 5.32 Å². The van der Waals surface area contributed by atoms with Gasteiger partial charge in [0, 0.05) is 34.8 Å². The van der Waals surface area contributed by atoms with Gasteiger partial charge >= 0.3 is 0 Å². The van der Waals surface area contributed by atoms with Crippen LogP contribution in [0.5, 0.6) is 0 Å². The summed E-state index contributed by atoms with van der Waals surface area (Å²) in [6.45, 7) is 1.57. The van der Waals surface area contributed by atoms with E-state index >= 15 is 0 Å². The maximum atomic E-state index is 12.0. The first-order valence-corrected chi connectivity index (χ1v) is 8.11. The largest absolute Gasteiger partial charge is 0.352 e. The molecule has 0 atom stereocenters. The highest BCUT2D eigenvalue weighted by molar-refractivity contribution is 9.10. The Labute approximate surface area is 138 Å². The van der Waals surface area contributed by atoms with Crippen LogP contribution in [0.4, 0.5) is 0 Å². The van der Waals surface area contributed by atoms with Gasteiger partial charge in [0.25, 0.3) is 5.91 Å². The van der Waals surface area contributed by atoms with E-state index in [1.807, 2.05) is 36.4 Å². The third kappa shape index (κ3) is 3.39. The van der Waals surface area contributed by atoms with Gasteiger partial charge in [-0.1, -0.05) is 34.1 Å². The fraction of sp³-hybridized carbons (Fsp3) is 0.167. The van der Waals surface area contributed by atoms with Crippen LogP contribution >= 0.6 is 15.9 Å². The molecule has 22 heavy (non-hydrogen) atoms. The van der Waals surface area contributed by atoms with Crippen molar-refractivity contribution >= 4 is 32.7 Å². The predicted octanol–water partition coefficient (Wildman–Crippen LogP) is 4.22. The number of hydrogen-bond donors (Lipinski definition) is 1. The van der Waals surface area contributed by atoms with E-state index in [9.17, 15) is 4.79 Å². The van der Waals surface area contributed by atoms with Crippen LogP contribution in [-0.2, 0) is 6.54 Å². The smallest absolute Gasteiger partial charge is 0.251 e. The van der Waals surface area contributed by atoms with Gasteiger partial charge in [-0.15, -0.1) is 0 Å². The molecular formula is C18H17BrN2O. The van der Waals surface area contributed by atoms with Crippen molar-refractivity contribution in [3.8, 4) is 0 Å². The number of hydrogen-bond acceptors (Lipinski definition) is 1. The summed E-state index contributed by atoms with van der Waals surface area (Å²) in [6, 6.07) is 17.8. The van der Waals surface area contributed by atoms with Crippen LogP contribution in [0, 0.1) is 0 Å². The lowest BCUT2D eigenvalue weighted by Crippen LogP contribution is -2.25. The fourth-order valence-electron chi connectivity index (χ4n) is 2.49. The molecule has 0 aliphatic heterocycles. The number of fused-ring (bicyclic) bond motifs is 1. The zero-order valence-electron chi connectivity index (χ0n) is 12.1. The van der Waals surface area contributed by atoms with Gasteiger partial charge in [0.05, 0.1) is 0 Å². The number of aryl methyl sites for hydroxylation is 1. The van der Waals surface area contributed by atoms with E-state index < -0.39 is 0 Å². The molecule has 112 valence electrons. The van der Waals surface area contributed by atoms with E-state index in [1.54, 1.807) is 0 Å². The second kappa shape index (κ2) is 6.79. The first-order valence-electron chi connectivity index (χ1n) is 7.32. The number of carbonyl (C=O) groups excluding carboxylic acids is 1. The zero-order chi connectivity index (χ0) is 15.4.